The van der Waals surface area contributed by atoms with Gasteiger partial charge in [-0.1, -0.05) is 24.3 Å². The molecule has 8 nitrogen and oxygen atoms in total. The smallest absolute Gasteiger partial charge is 0.230 e. The van der Waals surface area contributed by atoms with Crippen molar-refractivity contribution in [2.24, 2.45) is 0 Å². The Bertz CT molecular complexity index is 1090. The van der Waals surface area contributed by atoms with Crippen LogP contribution in [0.15, 0.2) is 61.1 Å². The number of pyridine rings is 1. The van der Waals surface area contributed by atoms with E-state index in [1.165, 1.54) is 0 Å². The number of benzene rings is 1. The molecule has 1 aliphatic rings. The van der Waals surface area contributed by atoms with Crippen LogP contribution in [0.2, 0.25) is 0 Å². The molecule has 0 N–H and O–H groups in total. The monoisotopic (exact) mass is 388 g/mol. The van der Waals surface area contributed by atoms with Gasteiger partial charge in [0.25, 0.3) is 0 Å². The molecule has 3 aromatic heterocycles. The number of morpholine rings is 1. The maximum absolute atomic E-state index is 6.08. The van der Waals surface area contributed by atoms with E-state index in [2.05, 4.69) is 15.0 Å². The van der Waals surface area contributed by atoms with Crippen molar-refractivity contribution in [1.82, 2.24) is 24.7 Å². The van der Waals surface area contributed by atoms with Crippen molar-refractivity contribution < 1.29 is 9.47 Å². The summed E-state index contributed by atoms with van der Waals surface area (Å²) in [4.78, 5) is 15.8. The zero-order chi connectivity index (χ0) is 19.5. The van der Waals surface area contributed by atoms with Gasteiger partial charge < -0.3 is 14.4 Å². The molecule has 0 atom stereocenters. The molecule has 4 aromatic rings. The van der Waals surface area contributed by atoms with E-state index in [1.807, 2.05) is 47.1 Å². The average molecular weight is 388 g/mol. The van der Waals surface area contributed by atoms with Gasteiger partial charge in [-0.3, -0.25) is 4.98 Å². The third-order valence-electron chi connectivity index (χ3n) is 4.77. The van der Waals surface area contributed by atoms with Crippen LogP contribution in [0.25, 0.3) is 16.7 Å². The summed E-state index contributed by atoms with van der Waals surface area (Å²) < 4.78 is 13.4. The molecule has 0 spiro atoms. The molecule has 1 aromatic carbocycles. The van der Waals surface area contributed by atoms with Crippen LogP contribution < -0.4 is 9.64 Å². The quantitative estimate of drug-likeness (QED) is 0.520. The molecule has 4 heterocycles. The fraction of sp³-hybridized carbons (Fsp3) is 0.238. The van der Waals surface area contributed by atoms with Gasteiger partial charge in [0.2, 0.25) is 11.8 Å². The first-order chi connectivity index (χ1) is 14.4. The minimum atomic E-state index is 0.374. The van der Waals surface area contributed by atoms with Gasteiger partial charge in [-0.25, -0.2) is 4.68 Å². The second kappa shape index (κ2) is 7.84. The van der Waals surface area contributed by atoms with Crippen LogP contribution in [-0.4, -0.2) is 51.0 Å². The number of nitrogens with zero attached hydrogens (tertiary/aromatic N) is 6. The third-order valence-corrected chi connectivity index (χ3v) is 4.77. The van der Waals surface area contributed by atoms with Gasteiger partial charge in [0.1, 0.15) is 12.0 Å². The van der Waals surface area contributed by atoms with Crippen molar-refractivity contribution in [2.45, 2.75) is 6.61 Å². The Hall–Kier alpha value is -3.52. The van der Waals surface area contributed by atoms with E-state index in [9.17, 15) is 0 Å². The highest BCUT2D eigenvalue weighted by Gasteiger charge is 2.20. The summed E-state index contributed by atoms with van der Waals surface area (Å²) in [5, 5.41) is 5.32. The largest absolute Gasteiger partial charge is 0.472 e. The first-order valence-electron chi connectivity index (χ1n) is 9.54. The topological polar surface area (TPSA) is 78.2 Å². The highest BCUT2D eigenvalue weighted by molar-refractivity contribution is 5.82. The number of fused-ring (bicyclic) bond motifs is 1. The summed E-state index contributed by atoms with van der Waals surface area (Å²) in [6.07, 6.45) is 5.28. The van der Waals surface area contributed by atoms with Crippen LogP contribution in [-0.2, 0) is 11.3 Å². The highest BCUT2D eigenvalue weighted by atomic mass is 16.5. The molecule has 0 unspecified atom stereocenters. The van der Waals surface area contributed by atoms with Gasteiger partial charge in [0.15, 0.2) is 5.65 Å². The number of hydrogen-bond acceptors (Lipinski definition) is 7. The summed E-state index contributed by atoms with van der Waals surface area (Å²) in [7, 11) is 0. The van der Waals surface area contributed by atoms with Gasteiger partial charge in [0.05, 0.1) is 25.1 Å². The fourth-order valence-electron chi connectivity index (χ4n) is 3.28. The molecule has 5 rings (SSSR count). The lowest BCUT2D eigenvalue weighted by molar-refractivity contribution is 0.122. The van der Waals surface area contributed by atoms with E-state index >= 15 is 0 Å². The predicted octanol–water partition coefficient (Wildman–Crippen LogP) is 2.63. The summed E-state index contributed by atoms with van der Waals surface area (Å²) in [5.74, 6) is 1.14. The van der Waals surface area contributed by atoms with Gasteiger partial charge in [-0.2, -0.15) is 15.1 Å². The number of anilines is 1. The molecule has 0 amide bonds. The van der Waals surface area contributed by atoms with E-state index in [4.69, 9.17) is 19.4 Å². The van der Waals surface area contributed by atoms with Crippen LogP contribution in [0.1, 0.15) is 5.56 Å². The third kappa shape index (κ3) is 3.62. The first kappa shape index (κ1) is 17.6. The average Bonchev–Trinajstić information content (AvgIpc) is 3.23. The Kier molecular flexibility index (Phi) is 4.75. The zero-order valence-electron chi connectivity index (χ0n) is 15.8. The lowest BCUT2D eigenvalue weighted by Crippen LogP contribution is -2.37. The SMILES string of the molecule is c1ccc(-n2ncc3c(OCc4cccnc4)nc(N4CCOCC4)nc32)cc1. The lowest BCUT2D eigenvalue weighted by atomic mass is 10.3. The molecule has 1 fully saturated rings. The molecular weight excluding hydrogens is 368 g/mol. The van der Waals surface area contributed by atoms with Crippen molar-refractivity contribution in [2.75, 3.05) is 31.2 Å². The normalized spacial score (nSPS) is 14.3. The molecule has 8 heteroatoms. The van der Waals surface area contributed by atoms with Gasteiger partial charge in [-0.15, -0.1) is 0 Å². The fourth-order valence-corrected chi connectivity index (χ4v) is 3.28. The van der Waals surface area contributed by atoms with Crippen molar-refractivity contribution in [3.63, 3.8) is 0 Å². The maximum Gasteiger partial charge on any atom is 0.230 e. The summed E-state index contributed by atoms with van der Waals surface area (Å²) in [6, 6.07) is 13.8. The van der Waals surface area contributed by atoms with E-state index in [0.717, 1.165) is 29.7 Å². The van der Waals surface area contributed by atoms with Crippen LogP contribution in [0.5, 0.6) is 5.88 Å². The Morgan fingerprint density at radius 3 is 2.62 bits per heavy atom. The molecule has 0 aliphatic carbocycles. The lowest BCUT2D eigenvalue weighted by Gasteiger charge is -2.27. The number of hydrogen-bond donors (Lipinski definition) is 0. The predicted molar refractivity (Wildman–Crippen MR) is 108 cm³/mol. The standard InChI is InChI=1S/C21H20N6O2/c1-2-6-17(7-3-1)27-19-18(14-23-27)20(29-15-16-5-4-8-22-13-16)25-21(24-19)26-9-11-28-12-10-26/h1-8,13-14H,9-12,15H2. The summed E-state index contributed by atoms with van der Waals surface area (Å²) in [6.45, 7) is 3.18. The minimum absolute atomic E-state index is 0.374. The molecule has 29 heavy (non-hydrogen) atoms. The molecule has 0 radical (unpaired) electrons. The number of aromatic nitrogens is 5. The van der Waals surface area contributed by atoms with Crippen LogP contribution in [0.3, 0.4) is 0 Å². The molecule has 0 saturated carbocycles. The second-order valence-electron chi connectivity index (χ2n) is 6.71. The molecular formula is C21H20N6O2. The van der Waals surface area contributed by atoms with Crippen molar-refractivity contribution in [1.29, 1.82) is 0 Å². The van der Waals surface area contributed by atoms with Crippen LogP contribution >= 0.6 is 0 Å². The highest BCUT2D eigenvalue weighted by Crippen LogP contribution is 2.28. The number of rotatable bonds is 5. The number of para-hydroxylation sites is 1. The van der Waals surface area contributed by atoms with Gasteiger partial charge >= 0.3 is 0 Å². The van der Waals surface area contributed by atoms with E-state index in [1.54, 1.807) is 18.6 Å². The molecule has 146 valence electrons. The van der Waals surface area contributed by atoms with Crippen LogP contribution in [0, 0.1) is 0 Å². The molecule has 1 saturated heterocycles. The Balaban J connectivity index is 1.57. The van der Waals surface area contributed by atoms with Gasteiger partial charge in [-0.05, 0) is 18.2 Å². The zero-order valence-corrected chi connectivity index (χ0v) is 15.8. The Labute approximate surface area is 167 Å². The summed E-state index contributed by atoms with van der Waals surface area (Å²) >= 11 is 0. The van der Waals surface area contributed by atoms with E-state index < -0.39 is 0 Å². The Morgan fingerprint density at radius 1 is 0.966 bits per heavy atom. The van der Waals surface area contributed by atoms with Crippen molar-refractivity contribution >= 4 is 17.0 Å². The van der Waals surface area contributed by atoms with Gasteiger partial charge in [0, 0.05) is 31.0 Å². The minimum Gasteiger partial charge on any atom is -0.472 e. The molecule has 0 bridgehead atoms. The van der Waals surface area contributed by atoms with E-state index in [-0.39, 0.29) is 0 Å². The Morgan fingerprint density at radius 2 is 1.83 bits per heavy atom. The van der Waals surface area contributed by atoms with Crippen molar-refractivity contribution in [3.8, 4) is 11.6 Å². The van der Waals surface area contributed by atoms with Crippen LogP contribution in [0.4, 0.5) is 5.95 Å². The maximum atomic E-state index is 6.08. The summed E-state index contributed by atoms with van der Waals surface area (Å²) in [5.41, 5.74) is 2.63. The molecule has 1 aliphatic heterocycles. The van der Waals surface area contributed by atoms with Crippen molar-refractivity contribution in [3.05, 3.63) is 66.6 Å². The van der Waals surface area contributed by atoms with E-state index in [0.29, 0.717) is 37.3 Å². The number of ether oxygens (including phenoxy) is 2. The first-order valence-corrected chi connectivity index (χ1v) is 9.54. The second-order valence-corrected chi connectivity index (χ2v) is 6.71.